The van der Waals surface area contributed by atoms with Gasteiger partial charge in [-0.05, 0) is 26.0 Å². The monoisotopic (exact) mass is 284 g/mol. The van der Waals surface area contributed by atoms with Gasteiger partial charge in [0.05, 0.1) is 35.9 Å². The third-order valence-electron chi connectivity index (χ3n) is 3.13. The van der Waals surface area contributed by atoms with Crippen molar-refractivity contribution in [2.45, 2.75) is 37.1 Å². The Kier molecular flexibility index (Phi) is 4.73. The zero-order chi connectivity index (χ0) is 13.9. The maximum Gasteiger partial charge on any atom is 0.168 e. The topological polar surface area (TPSA) is 55.8 Å². The van der Waals surface area contributed by atoms with Crippen LogP contribution in [0.3, 0.4) is 0 Å². The summed E-state index contributed by atoms with van der Waals surface area (Å²) in [5.41, 5.74) is 1.13. The number of ether oxygens (including phenoxy) is 2. The van der Waals surface area contributed by atoms with Crippen LogP contribution in [0.15, 0.2) is 29.2 Å². The summed E-state index contributed by atoms with van der Waals surface area (Å²) >= 11 is 0. The van der Waals surface area contributed by atoms with E-state index in [1.165, 1.54) is 0 Å². The van der Waals surface area contributed by atoms with E-state index in [-0.39, 0.29) is 5.75 Å². The average molecular weight is 284 g/mol. The minimum absolute atomic E-state index is 0.200. The molecular weight excluding hydrogens is 264 g/mol. The van der Waals surface area contributed by atoms with E-state index in [4.69, 9.17) is 9.47 Å². The second-order valence-electron chi connectivity index (χ2n) is 5.01. The predicted octanol–water partition coefficient (Wildman–Crippen LogP) is 1.62. The van der Waals surface area contributed by atoms with Crippen molar-refractivity contribution in [1.29, 1.82) is 0 Å². The highest BCUT2D eigenvalue weighted by Crippen LogP contribution is 2.24. The van der Waals surface area contributed by atoms with Crippen LogP contribution in [-0.2, 0) is 20.3 Å². The molecule has 106 valence electrons. The number of rotatable bonds is 5. The molecule has 0 spiro atoms. The molecule has 1 N–H and O–H groups in total. The Hall–Kier alpha value is -0.750. The molecule has 0 unspecified atom stereocenters. The van der Waals surface area contributed by atoms with Gasteiger partial charge in [0.25, 0.3) is 0 Å². The molecule has 19 heavy (non-hydrogen) atoms. The van der Waals surface area contributed by atoms with Gasteiger partial charge in [0, 0.05) is 11.3 Å². The molecule has 1 aliphatic heterocycles. The summed E-state index contributed by atoms with van der Waals surface area (Å²) in [6.07, 6.45) is -0.366. The van der Waals surface area contributed by atoms with E-state index in [0.717, 1.165) is 10.5 Å². The highest BCUT2D eigenvalue weighted by Gasteiger charge is 2.33. The maximum absolute atomic E-state index is 12.1. The van der Waals surface area contributed by atoms with Crippen molar-refractivity contribution in [3.05, 3.63) is 29.8 Å². The fourth-order valence-corrected chi connectivity index (χ4v) is 3.22. The first-order valence-corrected chi connectivity index (χ1v) is 7.71. The fraction of sp³-hybridized carbons (Fsp3) is 0.571. The quantitative estimate of drug-likeness (QED) is 0.892. The lowest BCUT2D eigenvalue weighted by molar-refractivity contribution is -0.160. The molecule has 0 bridgehead atoms. The Labute approximate surface area is 116 Å². The number of hydrogen-bond acceptors (Lipinski definition) is 4. The second-order valence-corrected chi connectivity index (χ2v) is 6.51. The largest absolute Gasteiger partial charge is 0.392 e. The summed E-state index contributed by atoms with van der Waals surface area (Å²) in [6.45, 7) is 4.88. The molecule has 1 heterocycles. The van der Waals surface area contributed by atoms with E-state index in [1.807, 2.05) is 31.2 Å². The lowest BCUT2D eigenvalue weighted by atomic mass is 10.1. The van der Waals surface area contributed by atoms with Crippen molar-refractivity contribution >= 4 is 10.8 Å². The number of hydrogen-bond donors (Lipinski definition) is 1. The molecule has 1 fully saturated rings. The molecular formula is C14H20O4S. The molecule has 0 aliphatic carbocycles. The maximum atomic E-state index is 12.1. The number of benzene rings is 1. The Bertz CT molecular complexity index is 437. The van der Waals surface area contributed by atoms with Gasteiger partial charge < -0.3 is 14.6 Å². The Balaban J connectivity index is 1.89. The first-order chi connectivity index (χ1) is 8.98. The van der Waals surface area contributed by atoms with Gasteiger partial charge in [0.1, 0.15) is 0 Å². The van der Waals surface area contributed by atoms with Crippen LogP contribution >= 0.6 is 0 Å². The van der Waals surface area contributed by atoms with E-state index in [1.54, 1.807) is 6.92 Å². The van der Waals surface area contributed by atoms with Crippen molar-refractivity contribution in [2.75, 3.05) is 19.0 Å². The van der Waals surface area contributed by atoms with Gasteiger partial charge in [-0.2, -0.15) is 0 Å². The molecule has 0 radical (unpaired) electrons. The zero-order valence-corrected chi connectivity index (χ0v) is 12.1. The van der Waals surface area contributed by atoms with Crippen LogP contribution in [0.5, 0.6) is 0 Å². The Morgan fingerprint density at radius 2 is 1.89 bits per heavy atom. The van der Waals surface area contributed by atoms with Crippen LogP contribution in [0.2, 0.25) is 0 Å². The first-order valence-electron chi connectivity index (χ1n) is 6.39. The van der Waals surface area contributed by atoms with Gasteiger partial charge in [0.2, 0.25) is 0 Å². The molecule has 1 aromatic rings. The molecule has 4 nitrogen and oxygen atoms in total. The first kappa shape index (κ1) is 14.7. The SMILES string of the molecule is Cc1ccc([S@@](=O)C[C@H](O)CC2(C)OCCO2)cc1. The Morgan fingerprint density at radius 1 is 1.32 bits per heavy atom. The standard InChI is InChI=1S/C14H20O4S/c1-11-3-5-13(6-4-11)19(16)10-12(15)9-14(2)17-7-8-18-14/h3-6,12,15H,7-10H2,1-2H3/t12-,19+/m1/s1. The van der Waals surface area contributed by atoms with Gasteiger partial charge in [-0.25, -0.2) is 0 Å². The summed E-state index contributed by atoms with van der Waals surface area (Å²) < 4.78 is 23.0. The predicted molar refractivity (Wildman–Crippen MR) is 73.4 cm³/mol. The third kappa shape index (κ3) is 4.11. The minimum atomic E-state index is -1.20. The molecule has 1 aliphatic rings. The van der Waals surface area contributed by atoms with Crippen LogP contribution in [0.4, 0.5) is 0 Å². The highest BCUT2D eigenvalue weighted by molar-refractivity contribution is 7.85. The van der Waals surface area contributed by atoms with E-state index >= 15 is 0 Å². The van der Waals surface area contributed by atoms with E-state index < -0.39 is 22.7 Å². The summed E-state index contributed by atoms with van der Waals surface area (Å²) in [5.74, 6) is -0.539. The summed E-state index contributed by atoms with van der Waals surface area (Å²) in [6, 6.07) is 7.51. The van der Waals surface area contributed by atoms with Gasteiger partial charge in [0.15, 0.2) is 5.79 Å². The van der Waals surface area contributed by atoms with Crippen molar-refractivity contribution in [1.82, 2.24) is 0 Å². The van der Waals surface area contributed by atoms with Gasteiger partial charge in [-0.3, -0.25) is 4.21 Å². The molecule has 0 saturated carbocycles. The van der Waals surface area contributed by atoms with Crippen molar-refractivity contribution < 1.29 is 18.8 Å². The molecule has 2 rings (SSSR count). The number of aryl methyl sites for hydroxylation is 1. The van der Waals surface area contributed by atoms with Gasteiger partial charge in [-0.15, -0.1) is 0 Å². The van der Waals surface area contributed by atoms with Crippen molar-refractivity contribution in [3.63, 3.8) is 0 Å². The number of aliphatic hydroxyl groups is 1. The van der Waals surface area contributed by atoms with Crippen molar-refractivity contribution in [3.8, 4) is 0 Å². The number of aliphatic hydroxyl groups excluding tert-OH is 1. The lowest BCUT2D eigenvalue weighted by Gasteiger charge is -2.24. The van der Waals surface area contributed by atoms with Crippen LogP contribution in [0.25, 0.3) is 0 Å². The molecule has 1 aromatic carbocycles. The van der Waals surface area contributed by atoms with Crippen LogP contribution in [-0.4, -0.2) is 40.2 Å². The van der Waals surface area contributed by atoms with E-state index in [0.29, 0.717) is 19.6 Å². The van der Waals surface area contributed by atoms with Crippen LogP contribution in [0, 0.1) is 6.92 Å². The normalized spacial score (nSPS) is 21.2. The lowest BCUT2D eigenvalue weighted by Crippen LogP contribution is -2.33. The molecule has 0 amide bonds. The van der Waals surface area contributed by atoms with Crippen molar-refractivity contribution in [2.24, 2.45) is 0 Å². The molecule has 5 heteroatoms. The fourth-order valence-electron chi connectivity index (χ4n) is 2.12. The van der Waals surface area contributed by atoms with Gasteiger partial charge >= 0.3 is 0 Å². The van der Waals surface area contributed by atoms with Gasteiger partial charge in [-0.1, -0.05) is 17.7 Å². The van der Waals surface area contributed by atoms with E-state index in [2.05, 4.69) is 0 Å². The summed E-state index contributed by atoms with van der Waals surface area (Å²) in [4.78, 5) is 0.739. The third-order valence-corrected chi connectivity index (χ3v) is 4.62. The second kappa shape index (κ2) is 6.13. The van der Waals surface area contributed by atoms with E-state index in [9.17, 15) is 9.32 Å². The minimum Gasteiger partial charge on any atom is -0.392 e. The molecule has 2 atom stereocenters. The van der Waals surface area contributed by atoms with Crippen LogP contribution < -0.4 is 0 Å². The summed E-state index contributed by atoms with van der Waals surface area (Å²) in [5, 5.41) is 10.0. The summed E-state index contributed by atoms with van der Waals surface area (Å²) in [7, 11) is -1.20. The molecule has 0 aromatic heterocycles. The average Bonchev–Trinajstić information content (AvgIpc) is 2.76. The zero-order valence-electron chi connectivity index (χ0n) is 11.3. The smallest absolute Gasteiger partial charge is 0.168 e. The molecule has 1 saturated heterocycles. The highest BCUT2D eigenvalue weighted by atomic mass is 32.2. The Morgan fingerprint density at radius 3 is 2.47 bits per heavy atom. The van der Waals surface area contributed by atoms with Crippen LogP contribution in [0.1, 0.15) is 18.9 Å².